The molecule has 1 rings (SSSR count). The van der Waals surface area contributed by atoms with Crippen LogP contribution in [0.4, 0.5) is 0 Å². The van der Waals surface area contributed by atoms with Gasteiger partial charge in [-0.3, -0.25) is 0 Å². The first-order chi connectivity index (χ1) is 7.97. The van der Waals surface area contributed by atoms with E-state index in [4.69, 9.17) is 4.74 Å². The molecule has 0 saturated carbocycles. The number of benzene rings is 1. The molecular weight excluding hydrogens is 236 g/mol. The number of hydrogen-bond donors (Lipinski definition) is 0. The van der Waals surface area contributed by atoms with Gasteiger partial charge in [-0.1, -0.05) is 26.0 Å². The highest BCUT2D eigenvalue weighted by atomic mass is 32.2. The summed E-state index contributed by atoms with van der Waals surface area (Å²) in [7, 11) is -3.23. The van der Waals surface area contributed by atoms with Crippen LogP contribution in [0.15, 0.2) is 29.2 Å². The number of ether oxygens (including phenoxy) is 1. The molecule has 0 aliphatic heterocycles. The minimum Gasteiger partial charge on any atom is -0.493 e. The van der Waals surface area contributed by atoms with Crippen LogP contribution in [0.2, 0.25) is 0 Å². The normalized spacial score (nSPS) is 11.8. The number of sulfone groups is 1. The molecule has 0 unspecified atom stereocenters. The topological polar surface area (TPSA) is 43.4 Å². The van der Waals surface area contributed by atoms with Crippen LogP contribution in [0.3, 0.4) is 0 Å². The molecule has 0 fully saturated rings. The summed E-state index contributed by atoms with van der Waals surface area (Å²) in [6.45, 7) is 6.35. The minimum absolute atomic E-state index is 0.175. The van der Waals surface area contributed by atoms with E-state index in [1.807, 2.05) is 20.8 Å². The van der Waals surface area contributed by atoms with Crippen LogP contribution in [0, 0.1) is 5.92 Å². The second kappa shape index (κ2) is 6.05. The Bertz CT molecular complexity index is 449. The summed E-state index contributed by atoms with van der Waals surface area (Å²) >= 11 is 0. The predicted molar refractivity (Wildman–Crippen MR) is 69.1 cm³/mol. The summed E-state index contributed by atoms with van der Waals surface area (Å²) in [6, 6.07) is 6.82. The third-order valence-corrected chi connectivity index (χ3v) is 4.23. The standard InChI is InChI=1S/C13H20O3S/c1-4-16-12-7-5-6-8-13(12)17(14,15)10-9-11(2)3/h5-8,11H,4,9-10H2,1-3H3. The van der Waals surface area contributed by atoms with Crippen LogP contribution < -0.4 is 4.74 Å². The lowest BCUT2D eigenvalue weighted by molar-refractivity contribution is 0.331. The highest BCUT2D eigenvalue weighted by molar-refractivity contribution is 7.91. The fourth-order valence-electron chi connectivity index (χ4n) is 1.48. The van der Waals surface area contributed by atoms with E-state index in [0.29, 0.717) is 29.6 Å². The smallest absolute Gasteiger partial charge is 0.182 e. The molecule has 17 heavy (non-hydrogen) atoms. The minimum atomic E-state index is -3.23. The molecule has 3 nitrogen and oxygen atoms in total. The van der Waals surface area contributed by atoms with Crippen LogP contribution in [-0.2, 0) is 9.84 Å². The van der Waals surface area contributed by atoms with Gasteiger partial charge in [0.15, 0.2) is 9.84 Å². The highest BCUT2D eigenvalue weighted by Gasteiger charge is 2.19. The predicted octanol–water partition coefficient (Wildman–Crippen LogP) is 2.91. The Balaban J connectivity index is 2.97. The van der Waals surface area contributed by atoms with Gasteiger partial charge in [-0.2, -0.15) is 0 Å². The maximum absolute atomic E-state index is 12.2. The molecule has 0 amide bonds. The van der Waals surface area contributed by atoms with Gasteiger partial charge in [0.25, 0.3) is 0 Å². The van der Waals surface area contributed by atoms with E-state index in [0.717, 1.165) is 0 Å². The SMILES string of the molecule is CCOc1ccccc1S(=O)(=O)CCC(C)C. The van der Waals surface area contributed by atoms with Crippen molar-refractivity contribution in [2.75, 3.05) is 12.4 Å². The van der Waals surface area contributed by atoms with Gasteiger partial charge in [-0.25, -0.2) is 8.42 Å². The Morgan fingerprint density at radius 1 is 1.24 bits per heavy atom. The van der Waals surface area contributed by atoms with Gasteiger partial charge in [0.2, 0.25) is 0 Å². The molecule has 0 saturated heterocycles. The van der Waals surface area contributed by atoms with E-state index in [2.05, 4.69) is 0 Å². The van der Waals surface area contributed by atoms with Gasteiger partial charge in [0, 0.05) is 0 Å². The number of hydrogen-bond acceptors (Lipinski definition) is 3. The Labute approximate surface area is 104 Å². The molecular formula is C13H20O3S. The molecule has 0 aromatic heterocycles. The number of rotatable bonds is 6. The van der Waals surface area contributed by atoms with Crippen LogP contribution in [-0.4, -0.2) is 20.8 Å². The Morgan fingerprint density at radius 3 is 2.47 bits per heavy atom. The molecule has 0 atom stereocenters. The number of para-hydroxylation sites is 1. The largest absolute Gasteiger partial charge is 0.493 e. The first-order valence-corrected chi connectivity index (χ1v) is 7.57. The summed E-state index contributed by atoms with van der Waals surface area (Å²) in [6.07, 6.45) is 0.669. The lowest BCUT2D eigenvalue weighted by atomic mass is 10.2. The van der Waals surface area contributed by atoms with Crippen molar-refractivity contribution in [3.8, 4) is 5.75 Å². The van der Waals surface area contributed by atoms with Crippen molar-refractivity contribution in [2.24, 2.45) is 5.92 Å². The van der Waals surface area contributed by atoms with E-state index in [1.165, 1.54) is 0 Å². The first kappa shape index (κ1) is 14.0. The monoisotopic (exact) mass is 256 g/mol. The van der Waals surface area contributed by atoms with Crippen LogP contribution >= 0.6 is 0 Å². The van der Waals surface area contributed by atoms with Crippen LogP contribution in [0.1, 0.15) is 27.2 Å². The van der Waals surface area contributed by atoms with Crippen molar-refractivity contribution < 1.29 is 13.2 Å². The summed E-state index contributed by atoms with van der Waals surface area (Å²) < 4.78 is 29.7. The third-order valence-electron chi connectivity index (χ3n) is 2.45. The summed E-state index contributed by atoms with van der Waals surface area (Å²) in [5.41, 5.74) is 0. The third kappa shape index (κ3) is 4.04. The maximum atomic E-state index is 12.2. The maximum Gasteiger partial charge on any atom is 0.182 e. The Hall–Kier alpha value is -1.03. The van der Waals surface area contributed by atoms with Gasteiger partial charge in [0.05, 0.1) is 12.4 Å². The van der Waals surface area contributed by atoms with E-state index < -0.39 is 9.84 Å². The van der Waals surface area contributed by atoms with Crippen molar-refractivity contribution in [3.63, 3.8) is 0 Å². The molecule has 1 aromatic carbocycles. The van der Waals surface area contributed by atoms with Crippen molar-refractivity contribution in [3.05, 3.63) is 24.3 Å². The quantitative estimate of drug-likeness (QED) is 0.786. The fraction of sp³-hybridized carbons (Fsp3) is 0.538. The van der Waals surface area contributed by atoms with Crippen LogP contribution in [0.25, 0.3) is 0 Å². The highest BCUT2D eigenvalue weighted by Crippen LogP contribution is 2.25. The Kier molecular flexibility index (Phi) is 5.00. The molecule has 4 heteroatoms. The molecule has 0 aliphatic carbocycles. The van der Waals surface area contributed by atoms with Crippen molar-refractivity contribution in [2.45, 2.75) is 32.1 Å². The zero-order valence-electron chi connectivity index (χ0n) is 10.6. The molecule has 0 spiro atoms. The lowest BCUT2D eigenvalue weighted by Gasteiger charge is -2.11. The fourth-order valence-corrected chi connectivity index (χ4v) is 3.20. The van der Waals surface area contributed by atoms with Gasteiger partial charge >= 0.3 is 0 Å². The van der Waals surface area contributed by atoms with E-state index >= 15 is 0 Å². The van der Waals surface area contributed by atoms with Gasteiger partial charge in [-0.05, 0) is 31.4 Å². The van der Waals surface area contributed by atoms with Crippen molar-refractivity contribution in [1.82, 2.24) is 0 Å². The zero-order chi connectivity index (χ0) is 12.9. The van der Waals surface area contributed by atoms with Crippen molar-refractivity contribution >= 4 is 9.84 Å². The molecule has 0 aliphatic rings. The van der Waals surface area contributed by atoms with Gasteiger partial charge in [0.1, 0.15) is 10.6 Å². The molecule has 0 radical (unpaired) electrons. The van der Waals surface area contributed by atoms with Crippen LogP contribution in [0.5, 0.6) is 5.75 Å². The van der Waals surface area contributed by atoms with Gasteiger partial charge < -0.3 is 4.74 Å². The molecule has 0 N–H and O–H groups in total. The first-order valence-electron chi connectivity index (χ1n) is 5.92. The molecule has 0 heterocycles. The van der Waals surface area contributed by atoms with E-state index in [1.54, 1.807) is 24.3 Å². The lowest BCUT2D eigenvalue weighted by Crippen LogP contribution is -2.11. The second-order valence-corrected chi connectivity index (χ2v) is 6.46. The zero-order valence-corrected chi connectivity index (χ0v) is 11.5. The van der Waals surface area contributed by atoms with E-state index in [-0.39, 0.29) is 5.75 Å². The molecule has 0 bridgehead atoms. The van der Waals surface area contributed by atoms with E-state index in [9.17, 15) is 8.42 Å². The molecule has 1 aromatic rings. The summed E-state index contributed by atoms with van der Waals surface area (Å²) in [4.78, 5) is 0.308. The second-order valence-electron chi connectivity index (χ2n) is 4.38. The molecule has 96 valence electrons. The van der Waals surface area contributed by atoms with Gasteiger partial charge in [-0.15, -0.1) is 0 Å². The summed E-state index contributed by atoms with van der Waals surface area (Å²) in [5, 5.41) is 0. The average molecular weight is 256 g/mol. The summed E-state index contributed by atoms with van der Waals surface area (Å²) in [5.74, 6) is 1.01. The van der Waals surface area contributed by atoms with Crippen molar-refractivity contribution in [1.29, 1.82) is 0 Å². The average Bonchev–Trinajstić information content (AvgIpc) is 2.28. The Morgan fingerprint density at radius 2 is 1.88 bits per heavy atom.